The fourth-order valence-corrected chi connectivity index (χ4v) is 4.15. The Labute approximate surface area is 185 Å². The summed E-state index contributed by atoms with van der Waals surface area (Å²) in [5.74, 6) is 1.02. The predicted octanol–water partition coefficient (Wildman–Crippen LogP) is 4.53. The van der Waals surface area contributed by atoms with Crippen molar-refractivity contribution in [1.82, 2.24) is 14.9 Å². The quantitative estimate of drug-likeness (QED) is 0.533. The third-order valence-electron chi connectivity index (χ3n) is 6.27. The van der Waals surface area contributed by atoms with Crippen molar-refractivity contribution in [1.29, 1.82) is 0 Å². The maximum atomic E-state index is 12.1. The van der Waals surface area contributed by atoms with Gasteiger partial charge in [-0.05, 0) is 87.4 Å². The molecule has 0 spiro atoms. The minimum absolute atomic E-state index is 0.0318. The highest BCUT2D eigenvalue weighted by molar-refractivity contribution is 5.77. The molecule has 0 aliphatic rings. The van der Waals surface area contributed by atoms with E-state index in [0.29, 0.717) is 32.2 Å². The lowest BCUT2D eigenvalue weighted by Gasteiger charge is -2.18. The van der Waals surface area contributed by atoms with E-state index < -0.39 is 0 Å². The number of rotatable bonds is 9. The van der Waals surface area contributed by atoms with Crippen molar-refractivity contribution in [2.75, 3.05) is 6.54 Å². The summed E-state index contributed by atoms with van der Waals surface area (Å²) < 4.78 is 2.29. The Morgan fingerprint density at radius 1 is 1.13 bits per heavy atom. The molecule has 1 heterocycles. The van der Waals surface area contributed by atoms with Crippen LogP contribution in [0.15, 0.2) is 30.3 Å². The molecule has 31 heavy (non-hydrogen) atoms. The largest absolute Gasteiger partial charge is 0.393 e. The van der Waals surface area contributed by atoms with Gasteiger partial charge in [-0.25, -0.2) is 4.98 Å². The number of nitrogens with zero attached hydrogens (tertiary/aromatic N) is 2. The minimum Gasteiger partial charge on any atom is -0.393 e. The number of fused-ring (bicyclic) bond motifs is 1. The van der Waals surface area contributed by atoms with Crippen molar-refractivity contribution < 1.29 is 9.90 Å². The molecule has 3 rings (SSSR count). The average molecular weight is 422 g/mol. The fraction of sp³-hybridized carbons (Fsp3) is 0.462. The second kappa shape index (κ2) is 10.1. The molecule has 5 heteroatoms. The van der Waals surface area contributed by atoms with E-state index in [1.54, 1.807) is 6.92 Å². The zero-order valence-corrected chi connectivity index (χ0v) is 19.5. The van der Waals surface area contributed by atoms with Crippen LogP contribution in [0.1, 0.15) is 59.8 Å². The Kier molecular flexibility index (Phi) is 7.50. The molecule has 1 amide bonds. The van der Waals surface area contributed by atoms with E-state index >= 15 is 0 Å². The van der Waals surface area contributed by atoms with Gasteiger partial charge in [0, 0.05) is 25.9 Å². The molecule has 0 radical (unpaired) electrons. The van der Waals surface area contributed by atoms with E-state index in [0.717, 1.165) is 23.4 Å². The number of aliphatic hydroxyl groups excluding tert-OH is 1. The lowest BCUT2D eigenvalue weighted by Crippen LogP contribution is -2.26. The number of amides is 1. The third kappa shape index (κ3) is 5.53. The van der Waals surface area contributed by atoms with Crippen molar-refractivity contribution in [3.05, 3.63) is 64.0 Å². The van der Waals surface area contributed by atoms with Gasteiger partial charge in [-0.3, -0.25) is 4.79 Å². The number of benzene rings is 2. The molecule has 3 aromatic rings. The zero-order chi connectivity index (χ0) is 22.5. The van der Waals surface area contributed by atoms with Crippen LogP contribution in [-0.4, -0.2) is 33.2 Å². The molecule has 0 fully saturated rings. The van der Waals surface area contributed by atoms with Gasteiger partial charge in [0.05, 0.1) is 17.1 Å². The first-order valence-electron chi connectivity index (χ1n) is 11.2. The lowest BCUT2D eigenvalue weighted by molar-refractivity contribution is -0.121. The number of aliphatic hydroxyl groups is 1. The number of imidazole rings is 1. The molecule has 166 valence electrons. The summed E-state index contributed by atoms with van der Waals surface area (Å²) in [5, 5.41) is 12.3. The van der Waals surface area contributed by atoms with E-state index in [-0.39, 0.29) is 12.0 Å². The zero-order valence-electron chi connectivity index (χ0n) is 19.5. The molecular weight excluding hydrogens is 386 g/mol. The molecule has 0 bridgehead atoms. The van der Waals surface area contributed by atoms with E-state index in [1.165, 1.54) is 27.8 Å². The lowest BCUT2D eigenvalue weighted by atomic mass is 9.94. The van der Waals surface area contributed by atoms with Crippen LogP contribution in [-0.2, 0) is 17.8 Å². The summed E-state index contributed by atoms with van der Waals surface area (Å²) in [5.41, 5.74) is 8.75. The Bertz CT molecular complexity index is 1040. The fourth-order valence-electron chi connectivity index (χ4n) is 4.15. The minimum atomic E-state index is -0.357. The normalized spacial score (nSPS) is 12.3. The SMILES string of the molecule is Cc1cc(C)c(C)c(Cn2c(CCNC(=O)CCC[C@H](C)O)nc3ccccc32)c1C. The number of aryl methyl sites for hydroxylation is 2. The van der Waals surface area contributed by atoms with Gasteiger partial charge in [-0.2, -0.15) is 0 Å². The Balaban J connectivity index is 1.80. The number of carbonyl (C=O) groups is 1. The topological polar surface area (TPSA) is 67.2 Å². The maximum Gasteiger partial charge on any atom is 0.220 e. The molecule has 2 aromatic carbocycles. The van der Waals surface area contributed by atoms with Gasteiger partial charge in [-0.1, -0.05) is 18.2 Å². The van der Waals surface area contributed by atoms with E-state index in [4.69, 9.17) is 4.98 Å². The molecule has 1 aromatic heterocycles. The van der Waals surface area contributed by atoms with Crippen LogP contribution in [0.3, 0.4) is 0 Å². The first-order chi connectivity index (χ1) is 14.8. The van der Waals surface area contributed by atoms with Gasteiger partial charge in [0.1, 0.15) is 5.82 Å². The van der Waals surface area contributed by atoms with Crippen LogP contribution in [0.2, 0.25) is 0 Å². The summed E-state index contributed by atoms with van der Waals surface area (Å²) in [6, 6.07) is 10.5. The molecule has 1 atom stereocenters. The van der Waals surface area contributed by atoms with E-state index in [9.17, 15) is 9.90 Å². The highest BCUT2D eigenvalue weighted by atomic mass is 16.3. The van der Waals surface area contributed by atoms with Crippen molar-refractivity contribution in [2.45, 2.75) is 73.0 Å². The summed E-state index contributed by atoms with van der Waals surface area (Å²) in [6.07, 6.45) is 2.12. The van der Waals surface area contributed by atoms with Crippen LogP contribution in [0.5, 0.6) is 0 Å². The number of nitrogens with one attached hydrogen (secondary N) is 1. The van der Waals surface area contributed by atoms with Crippen LogP contribution in [0.4, 0.5) is 0 Å². The number of hydrogen-bond acceptors (Lipinski definition) is 3. The first-order valence-corrected chi connectivity index (χ1v) is 11.2. The number of aromatic nitrogens is 2. The smallest absolute Gasteiger partial charge is 0.220 e. The van der Waals surface area contributed by atoms with Gasteiger partial charge in [-0.15, -0.1) is 0 Å². The molecule has 0 aliphatic heterocycles. The average Bonchev–Trinajstić information content (AvgIpc) is 3.06. The van der Waals surface area contributed by atoms with E-state index in [2.05, 4.69) is 55.8 Å². The predicted molar refractivity (Wildman–Crippen MR) is 126 cm³/mol. The number of hydrogen-bond donors (Lipinski definition) is 2. The summed E-state index contributed by atoms with van der Waals surface area (Å²) >= 11 is 0. The van der Waals surface area contributed by atoms with Gasteiger partial charge < -0.3 is 15.0 Å². The maximum absolute atomic E-state index is 12.1. The highest BCUT2D eigenvalue weighted by Crippen LogP contribution is 2.25. The van der Waals surface area contributed by atoms with Crippen molar-refractivity contribution in [2.24, 2.45) is 0 Å². The summed E-state index contributed by atoms with van der Waals surface area (Å²) in [6.45, 7) is 11.8. The molecule has 2 N–H and O–H groups in total. The summed E-state index contributed by atoms with van der Waals surface area (Å²) in [4.78, 5) is 17.0. The van der Waals surface area contributed by atoms with Crippen molar-refractivity contribution in [3.8, 4) is 0 Å². The van der Waals surface area contributed by atoms with Gasteiger partial charge in [0.15, 0.2) is 0 Å². The monoisotopic (exact) mass is 421 g/mol. The second-order valence-electron chi connectivity index (χ2n) is 8.68. The number of para-hydroxylation sites is 2. The van der Waals surface area contributed by atoms with Gasteiger partial charge in [0.2, 0.25) is 5.91 Å². The standard InChI is InChI=1S/C26H35N3O2/c1-17-15-18(2)21(5)22(20(17)4)16-29-24-11-7-6-10-23(24)28-25(29)13-14-27-26(31)12-8-9-19(3)30/h6-7,10-11,15,19,30H,8-9,12-14,16H2,1-5H3,(H,27,31)/t19-/m0/s1. The Morgan fingerprint density at radius 3 is 2.48 bits per heavy atom. The van der Waals surface area contributed by atoms with Gasteiger partial charge in [0.25, 0.3) is 0 Å². The Morgan fingerprint density at radius 2 is 1.81 bits per heavy atom. The van der Waals surface area contributed by atoms with Crippen molar-refractivity contribution in [3.63, 3.8) is 0 Å². The van der Waals surface area contributed by atoms with Crippen LogP contribution in [0, 0.1) is 27.7 Å². The number of carbonyl (C=O) groups excluding carboxylic acids is 1. The van der Waals surface area contributed by atoms with Gasteiger partial charge >= 0.3 is 0 Å². The van der Waals surface area contributed by atoms with Crippen LogP contribution < -0.4 is 5.32 Å². The highest BCUT2D eigenvalue weighted by Gasteiger charge is 2.15. The molecule has 0 saturated carbocycles. The molecular formula is C26H35N3O2. The second-order valence-corrected chi connectivity index (χ2v) is 8.68. The Hall–Kier alpha value is -2.66. The summed E-state index contributed by atoms with van der Waals surface area (Å²) in [7, 11) is 0. The van der Waals surface area contributed by atoms with Crippen molar-refractivity contribution >= 4 is 16.9 Å². The van der Waals surface area contributed by atoms with Crippen LogP contribution in [0.25, 0.3) is 11.0 Å². The molecule has 0 aliphatic carbocycles. The molecule has 0 saturated heterocycles. The van der Waals surface area contributed by atoms with Crippen LogP contribution >= 0.6 is 0 Å². The first kappa shape index (κ1) is 23.0. The third-order valence-corrected chi connectivity index (χ3v) is 6.27. The molecule has 0 unspecified atom stereocenters. The molecule has 5 nitrogen and oxygen atoms in total. The van der Waals surface area contributed by atoms with E-state index in [1.807, 2.05) is 12.1 Å².